The first-order valence-electron chi connectivity index (χ1n) is 5.01. The Hall–Kier alpha value is -0.820. The van der Waals surface area contributed by atoms with E-state index in [1.54, 1.807) is 0 Å². The Morgan fingerprint density at radius 2 is 2.00 bits per heavy atom. The summed E-state index contributed by atoms with van der Waals surface area (Å²) in [4.78, 5) is 11.2. The summed E-state index contributed by atoms with van der Waals surface area (Å²) in [5.41, 5.74) is 5.19. The van der Waals surface area contributed by atoms with Crippen LogP contribution in [0.2, 0.25) is 10.0 Å². The van der Waals surface area contributed by atoms with Crippen LogP contribution in [0.5, 0.6) is 0 Å². The van der Waals surface area contributed by atoms with Crippen molar-refractivity contribution >= 4 is 38.9 Å². The molecule has 18 heavy (non-hydrogen) atoms. The molecule has 0 saturated carbocycles. The zero-order valence-corrected chi connectivity index (χ0v) is 11.6. The van der Waals surface area contributed by atoms with Gasteiger partial charge in [0.15, 0.2) is 9.84 Å². The van der Waals surface area contributed by atoms with Crippen LogP contribution in [-0.4, -0.2) is 33.2 Å². The van der Waals surface area contributed by atoms with Crippen molar-refractivity contribution in [2.75, 3.05) is 18.8 Å². The van der Waals surface area contributed by atoms with Crippen molar-refractivity contribution in [2.24, 2.45) is 5.73 Å². The van der Waals surface area contributed by atoms with Crippen molar-refractivity contribution in [3.8, 4) is 0 Å². The highest BCUT2D eigenvalue weighted by atomic mass is 35.5. The van der Waals surface area contributed by atoms with Gasteiger partial charge in [0, 0.05) is 18.1 Å². The first-order valence-corrected chi connectivity index (χ1v) is 7.42. The average molecular weight is 311 g/mol. The molecule has 0 bridgehead atoms. The third-order valence-electron chi connectivity index (χ3n) is 2.02. The van der Waals surface area contributed by atoms with Gasteiger partial charge in [0.05, 0.1) is 9.92 Å². The van der Waals surface area contributed by atoms with E-state index in [-0.39, 0.29) is 28.0 Å². The van der Waals surface area contributed by atoms with Crippen molar-refractivity contribution in [3.05, 3.63) is 28.2 Å². The normalized spacial score (nSPS) is 11.3. The highest BCUT2D eigenvalue weighted by Gasteiger charge is 2.22. The van der Waals surface area contributed by atoms with Gasteiger partial charge in [0.25, 0.3) is 0 Å². The number of nitrogens with two attached hydrogens (primary N) is 1. The maximum Gasteiger partial charge on any atom is 0.235 e. The van der Waals surface area contributed by atoms with Crippen LogP contribution in [0.25, 0.3) is 0 Å². The molecular formula is C10H12Cl2N2O3S. The van der Waals surface area contributed by atoms with E-state index < -0.39 is 21.5 Å². The van der Waals surface area contributed by atoms with Crippen molar-refractivity contribution in [1.29, 1.82) is 0 Å². The Kier molecular flexibility index (Phi) is 5.40. The Labute approximate surface area is 115 Å². The van der Waals surface area contributed by atoms with Crippen molar-refractivity contribution in [2.45, 2.75) is 4.90 Å². The molecule has 0 saturated heterocycles. The van der Waals surface area contributed by atoms with E-state index in [1.165, 1.54) is 18.2 Å². The Morgan fingerprint density at radius 3 is 2.61 bits per heavy atom. The molecule has 5 nitrogen and oxygen atoms in total. The smallest absolute Gasteiger partial charge is 0.235 e. The molecule has 1 rings (SSSR count). The SMILES string of the molecule is NCCNC(=O)CS(=O)(=O)c1cc(Cl)ccc1Cl. The number of hydrogen-bond donors (Lipinski definition) is 2. The van der Waals surface area contributed by atoms with Gasteiger partial charge in [0.1, 0.15) is 5.75 Å². The fourth-order valence-electron chi connectivity index (χ4n) is 1.23. The zero-order chi connectivity index (χ0) is 13.8. The number of carbonyl (C=O) groups excluding carboxylic acids is 1. The standard InChI is InChI=1S/C10H12Cl2N2O3S/c11-7-1-2-8(12)9(5-7)18(16,17)6-10(15)14-4-3-13/h1-2,5H,3-4,6,13H2,(H,14,15). The molecule has 3 N–H and O–H groups in total. The largest absolute Gasteiger partial charge is 0.354 e. The van der Waals surface area contributed by atoms with Gasteiger partial charge in [-0.05, 0) is 18.2 Å². The lowest BCUT2D eigenvalue weighted by atomic mass is 10.4. The molecule has 0 aliphatic carbocycles. The molecule has 0 aliphatic heterocycles. The summed E-state index contributed by atoms with van der Waals surface area (Å²) in [6.07, 6.45) is 0. The molecule has 100 valence electrons. The maximum absolute atomic E-state index is 11.9. The lowest BCUT2D eigenvalue weighted by molar-refractivity contribution is -0.118. The molecule has 0 unspecified atom stereocenters. The van der Waals surface area contributed by atoms with Gasteiger partial charge in [-0.15, -0.1) is 0 Å². The van der Waals surface area contributed by atoms with Crippen LogP contribution in [-0.2, 0) is 14.6 Å². The van der Waals surface area contributed by atoms with Crippen LogP contribution in [0, 0.1) is 0 Å². The second kappa shape index (κ2) is 6.38. The van der Waals surface area contributed by atoms with Gasteiger partial charge in [-0.1, -0.05) is 23.2 Å². The van der Waals surface area contributed by atoms with E-state index in [0.717, 1.165) is 0 Å². The lowest BCUT2D eigenvalue weighted by Gasteiger charge is -2.07. The Bertz CT molecular complexity index is 546. The minimum absolute atomic E-state index is 0.0334. The summed E-state index contributed by atoms with van der Waals surface area (Å²) in [6, 6.07) is 4.06. The second-order valence-electron chi connectivity index (χ2n) is 3.47. The van der Waals surface area contributed by atoms with Crippen LogP contribution >= 0.6 is 23.2 Å². The van der Waals surface area contributed by atoms with E-state index in [9.17, 15) is 13.2 Å². The maximum atomic E-state index is 11.9. The fourth-order valence-corrected chi connectivity index (χ4v) is 3.21. The van der Waals surface area contributed by atoms with Gasteiger partial charge in [0.2, 0.25) is 5.91 Å². The summed E-state index contributed by atoms with van der Waals surface area (Å²) in [7, 11) is -3.81. The van der Waals surface area contributed by atoms with Crippen molar-refractivity contribution in [3.63, 3.8) is 0 Å². The second-order valence-corrected chi connectivity index (χ2v) is 6.27. The molecule has 0 atom stereocenters. The van der Waals surface area contributed by atoms with Crippen LogP contribution in [0.15, 0.2) is 23.1 Å². The lowest BCUT2D eigenvalue weighted by Crippen LogP contribution is -2.33. The molecule has 0 fully saturated rings. The van der Waals surface area contributed by atoms with Gasteiger partial charge in [-0.3, -0.25) is 4.79 Å². The van der Waals surface area contributed by atoms with E-state index >= 15 is 0 Å². The molecule has 0 aliphatic rings. The van der Waals surface area contributed by atoms with Crippen LogP contribution in [0.1, 0.15) is 0 Å². The molecular weight excluding hydrogens is 299 g/mol. The number of carbonyl (C=O) groups is 1. The summed E-state index contributed by atoms with van der Waals surface area (Å²) < 4.78 is 23.9. The summed E-state index contributed by atoms with van der Waals surface area (Å²) in [5, 5.41) is 2.64. The minimum atomic E-state index is -3.81. The van der Waals surface area contributed by atoms with Crippen molar-refractivity contribution in [1.82, 2.24) is 5.32 Å². The third kappa shape index (κ3) is 4.13. The number of halogens is 2. The average Bonchev–Trinajstić information content (AvgIpc) is 2.29. The van der Waals surface area contributed by atoms with E-state index in [1.807, 2.05) is 0 Å². The van der Waals surface area contributed by atoms with Crippen molar-refractivity contribution < 1.29 is 13.2 Å². The Balaban J connectivity index is 2.93. The topological polar surface area (TPSA) is 89.3 Å². The van der Waals surface area contributed by atoms with E-state index in [2.05, 4.69) is 5.32 Å². The molecule has 1 aromatic rings. The molecule has 0 spiro atoms. The van der Waals surface area contributed by atoms with E-state index in [0.29, 0.717) is 0 Å². The molecule has 0 radical (unpaired) electrons. The number of sulfone groups is 1. The molecule has 1 aromatic carbocycles. The van der Waals surface area contributed by atoms with Gasteiger partial charge in [-0.25, -0.2) is 8.42 Å². The summed E-state index contributed by atoms with van der Waals surface area (Å²) in [6.45, 7) is 0.460. The number of nitrogens with one attached hydrogen (secondary N) is 1. The summed E-state index contributed by atoms with van der Waals surface area (Å²) in [5.74, 6) is -1.32. The number of hydrogen-bond acceptors (Lipinski definition) is 4. The monoisotopic (exact) mass is 310 g/mol. The van der Waals surface area contributed by atoms with Crippen LogP contribution < -0.4 is 11.1 Å². The highest BCUT2D eigenvalue weighted by molar-refractivity contribution is 7.92. The predicted octanol–water partition coefficient (Wildman–Crippen LogP) is 0.842. The molecule has 0 heterocycles. The third-order valence-corrected chi connectivity index (χ3v) is 4.34. The number of amides is 1. The highest BCUT2D eigenvalue weighted by Crippen LogP contribution is 2.25. The van der Waals surface area contributed by atoms with Crippen LogP contribution in [0.4, 0.5) is 0 Å². The van der Waals surface area contributed by atoms with Gasteiger partial charge in [-0.2, -0.15) is 0 Å². The fraction of sp³-hybridized carbons (Fsp3) is 0.300. The van der Waals surface area contributed by atoms with Gasteiger partial charge < -0.3 is 11.1 Å². The van der Waals surface area contributed by atoms with Gasteiger partial charge >= 0.3 is 0 Å². The van der Waals surface area contributed by atoms with Crippen LogP contribution in [0.3, 0.4) is 0 Å². The Morgan fingerprint density at radius 1 is 1.33 bits per heavy atom. The molecule has 0 aromatic heterocycles. The quantitative estimate of drug-likeness (QED) is 0.843. The number of rotatable bonds is 5. The molecule has 1 amide bonds. The zero-order valence-electron chi connectivity index (χ0n) is 9.32. The number of benzene rings is 1. The first kappa shape index (κ1) is 15.2. The predicted molar refractivity (Wildman–Crippen MR) is 70.6 cm³/mol. The minimum Gasteiger partial charge on any atom is -0.354 e. The first-order chi connectivity index (χ1) is 8.36. The van der Waals surface area contributed by atoms with E-state index in [4.69, 9.17) is 28.9 Å². The summed E-state index contributed by atoms with van der Waals surface area (Å²) >= 11 is 11.5. The molecule has 8 heteroatoms.